The second kappa shape index (κ2) is 8.11. The summed E-state index contributed by atoms with van der Waals surface area (Å²) >= 11 is 0. The van der Waals surface area contributed by atoms with E-state index in [2.05, 4.69) is 15.7 Å². The average Bonchev–Trinajstić information content (AvgIpc) is 3.52. The Labute approximate surface area is 187 Å². The van der Waals surface area contributed by atoms with Crippen molar-refractivity contribution in [1.82, 2.24) is 19.9 Å². The maximum absolute atomic E-state index is 12.0. The summed E-state index contributed by atoms with van der Waals surface area (Å²) in [6.07, 6.45) is 5.51. The van der Waals surface area contributed by atoms with E-state index in [1.165, 1.54) is 6.26 Å². The van der Waals surface area contributed by atoms with Gasteiger partial charge in [-0.1, -0.05) is 6.07 Å². The van der Waals surface area contributed by atoms with Crippen LogP contribution in [0.1, 0.15) is 42.5 Å². The molecule has 5 rings (SSSR count). The number of aromatic nitrogens is 3. The summed E-state index contributed by atoms with van der Waals surface area (Å²) in [6.45, 7) is 1.32. The molecule has 3 aromatic rings. The summed E-state index contributed by atoms with van der Waals surface area (Å²) in [4.78, 5) is 5.11. The molecule has 3 atom stereocenters. The van der Waals surface area contributed by atoms with Crippen LogP contribution in [-0.4, -0.2) is 53.6 Å². The molecule has 5 N–H and O–H groups in total. The van der Waals surface area contributed by atoms with Crippen LogP contribution in [0, 0.1) is 5.92 Å². The number of sulfone groups is 1. The van der Waals surface area contributed by atoms with Crippen molar-refractivity contribution in [3.8, 4) is 0 Å². The molecule has 1 aliphatic heterocycles. The van der Waals surface area contributed by atoms with E-state index in [1.807, 2.05) is 18.3 Å². The third kappa shape index (κ3) is 4.11. The maximum Gasteiger partial charge on any atom is 0.175 e. The molecular formula is C22H28N6O3S. The molecule has 0 radical (unpaired) electrons. The fraction of sp³-hybridized carbons (Fsp3) is 0.455. The van der Waals surface area contributed by atoms with Crippen LogP contribution >= 0.6 is 0 Å². The van der Waals surface area contributed by atoms with Crippen LogP contribution in [0.2, 0.25) is 0 Å². The number of aliphatic hydroxyl groups excluding tert-OH is 1. The number of nitrogens with one attached hydrogen (secondary N) is 2. The lowest BCUT2D eigenvalue weighted by atomic mass is 9.86. The zero-order valence-corrected chi connectivity index (χ0v) is 18.7. The highest BCUT2D eigenvalue weighted by Crippen LogP contribution is 2.42. The summed E-state index contributed by atoms with van der Waals surface area (Å²) in [6, 6.07) is 8.10. The number of piperidine rings is 1. The van der Waals surface area contributed by atoms with Crippen LogP contribution in [0.5, 0.6) is 0 Å². The number of rotatable bonds is 6. The number of benzene rings is 1. The van der Waals surface area contributed by atoms with E-state index in [0.717, 1.165) is 37.0 Å². The largest absolute Gasteiger partial charge is 0.391 e. The van der Waals surface area contributed by atoms with Gasteiger partial charge in [0.05, 0.1) is 28.9 Å². The Balaban J connectivity index is 1.57. The van der Waals surface area contributed by atoms with E-state index in [-0.39, 0.29) is 10.8 Å². The van der Waals surface area contributed by atoms with E-state index < -0.39 is 22.0 Å². The zero-order valence-electron chi connectivity index (χ0n) is 17.9. The molecule has 1 aromatic carbocycles. The Morgan fingerprint density at radius 2 is 2.09 bits per heavy atom. The number of β-amino-alcohol motifs (C(OH)–C–C–N with tert-alkyl or cyclic N) is 1. The molecule has 0 amide bonds. The van der Waals surface area contributed by atoms with Gasteiger partial charge < -0.3 is 21.5 Å². The lowest BCUT2D eigenvalue weighted by Gasteiger charge is -2.32. The van der Waals surface area contributed by atoms with Crippen LogP contribution in [0.15, 0.2) is 41.4 Å². The van der Waals surface area contributed by atoms with Gasteiger partial charge in [0, 0.05) is 36.0 Å². The highest BCUT2D eigenvalue weighted by molar-refractivity contribution is 7.90. The van der Waals surface area contributed by atoms with Crippen molar-refractivity contribution in [3.05, 3.63) is 47.8 Å². The Bertz CT molecular complexity index is 1250. The fourth-order valence-corrected chi connectivity index (χ4v) is 5.06. The first-order valence-electron chi connectivity index (χ1n) is 10.9. The van der Waals surface area contributed by atoms with Crippen molar-refractivity contribution >= 4 is 27.0 Å². The molecule has 1 unspecified atom stereocenters. The Morgan fingerprint density at radius 1 is 1.28 bits per heavy atom. The number of hydrogen-bond donors (Lipinski definition) is 4. The molecule has 2 aromatic heterocycles. The first kappa shape index (κ1) is 21.3. The molecule has 10 heteroatoms. The van der Waals surface area contributed by atoms with E-state index in [0.29, 0.717) is 29.7 Å². The second-order valence-corrected chi connectivity index (χ2v) is 10.9. The zero-order chi connectivity index (χ0) is 22.5. The third-order valence-electron chi connectivity index (χ3n) is 6.38. The number of aliphatic hydroxyl groups is 1. The maximum atomic E-state index is 12.0. The van der Waals surface area contributed by atoms with Gasteiger partial charge in [0.15, 0.2) is 15.5 Å². The van der Waals surface area contributed by atoms with Gasteiger partial charge in [0.1, 0.15) is 5.82 Å². The highest BCUT2D eigenvalue weighted by atomic mass is 32.2. The summed E-state index contributed by atoms with van der Waals surface area (Å²) in [5.41, 5.74) is 9.79. The smallest absolute Gasteiger partial charge is 0.175 e. The normalized spacial score (nSPS) is 22.7. The Hall–Kier alpha value is -2.53. The molecule has 1 aliphatic carbocycles. The number of hydrogen-bond acceptors (Lipinski definition) is 8. The van der Waals surface area contributed by atoms with E-state index >= 15 is 0 Å². The predicted molar refractivity (Wildman–Crippen MR) is 122 cm³/mol. The van der Waals surface area contributed by atoms with Crippen molar-refractivity contribution in [2.45, 2.75) is 42.2 Å². The van der Waals surface area contributed by atoms with Crippen LogP contribution < -0.4 is 16.4 Å². The molecule has 1 saturated carbocycles. The Kier molecular flexibility index (Phi) is 5.40. The van der Waals surface area contributed by atoms with Crippen LogP contribution in [0.25, 0.3) is 5.65 Å². The van der Waals surface area contributed by atoms with Gasteiger partial charge in [-0.3, -0.25) is 0 Å². The topological polar surface area (TPSA) is 135 Å². The fourth-order valence-electron chi connectivity index (χ4n) is 4.39. The van der Waals surface area contributed by atoms with Crippen molar-refractivity contribution in [2.75, 3.05) is 24.7 Å². The monoisotopic (exact) mass is 456 g/mol. The molecular weight excluding hydrogens is 428 g/mol. The van der Waals surface area contributed by atoms with Gasteiger partial charge in [-0.15, -0.1) is 0 Å². The van der Waals surface area contributed by atoms with Gasteiger partial charge in [0.25, 0.3) is 0 Å². The standard InChI is InChI=1S/C22H28N6O3S/c1-32(30,31)15-4-2-3-14(9-15)26-20-10-18(21(23)16-7-8-24-12-19(16)29)27-22-17(13-5-6-13)11-25-28(20)22/h2-4,9-11,13,16,19,21,24,26,29H,5-8,12,23H2,1H3/t16-,19-,21?/m0/s1. The van der Waals surface area contributed by atoms with Crippen molar-refractivity contribution < 1.29 is 13.5 Å². The summed E-state index contributed by atoms with van der Waals surface area (Å²) < 4.78 is 25.7. The van der Waals surface area contributed by atoms with Gasteiger partial charge in [0.2, 0.25) is 0 Å². The third-order valence-corrected chi connectivity index (χ3v) is 7.49. The minimum absolute atomic E-state index is 0.0973. The lowest BCUT2D eigenvalue weighted by Crippen LogP contribution is -2.45. The van der Waals surface area contributed by atoms with Gasteiger partial charge in [-0.25, -0.2) is 13.4 Å². The van der Waals surface area contributed by atoms with E-state index in [1.54, 1.807) is 22.7 Å². The molecule has 0 bridgehead atoms. The van der Waals surface area contributed by atoms with Gasteiger partial charge in [-0.2, -0.15) is 9.61 Å². The summed E-state index contributed by atoms with van der Waals surface area (Å²) in [7, 11) is -3.33. The number of anilines is 2. The Morgan fingerprint density at radius 3 is 2.81 bits per heavy atom. The lowest BCUT2D eigenvalue weighted by molar-refractivity contribution is 0.0666. The van der Waals surface area contributed by atoms with E-state index in [4.69, 9.17) is 10.7 Å². The molecule has 9 nitrogen and oxygen atoms in total. The second-order valence-electron chi connectivity index (χ2n) is 8.85. The summed E-state index contributed by atoms with van der Waals surface area (Å²) in [5.74, 6) is 1.01. The molecule has 1 saturated heterocycles. The van der Waals surface area contributed by atoms with Gasteiger partial charge in [-0.05, 0) is 49.9 Å². The quantitative estimate of drug-likeness (QED) is 0.440. The first-order valence-corrected chi connectivity index (χ1v) is 12.8. The predicted octanol–water partition coefficient (Wildman–Crippen LogP) is 1.72. The first-order chi connectivity index (χ1) is 15.3. The van der Waals surface area contributed by atoms with Crippen LogP contribution in [-0.2, 0) is 9.84 Å². The van der Waals surface area contributed by atoms with E-state index in [9.17, 15) is 13.5 Å². The van der Waals surface area contributed by atoms with Crippen molar-refractivity contribution in [3.63, 3.8) is 0 Å². The van der Waals surface area contributed by atoms with Crippen molar-refractivity contribution in [1.29, 1.82) is 0 Å². The average molecular weight is 457 g/mol. The van der Waals surface area contributed by atoms with Crippen LogP contribution in [0.3, 0.4) is 0 Å². The highest BCUT2D eigenvalue weighted by Gasteiger charge is 2.32. The molecule has 2 fully saturated rings. The van der Waals surface area contributed by atoms with Crippen LogP contribution in [0.4, 0.5) is 11.5 Å². The molecule has 2 aliphatic rings. The number of nitrogens with two attached hydrogens (primary N) is 1. The minimum Gasteiger partial charge on any atom is -0.391 e. The molecule has 0 spiro atoms. The summed E-state index contributed by atoms with van der Waals surface area (Å²) in [5, 5.41) is 21.5. The molecule has 32 heavy (non-hydrogen) atoms. The number of nitrogens with zero attached hydrogens (tertiary/aromatic N) is 3. The van der Waals surface area contributed by atoms with Gasteiger partial charge >= 0.3 is 0 Å². The SMILES string of the molecule is CS(=O)(=O)c1cccc(Nc2cc(C(N)[C@H]3CCNC[C@@H]3O)nc3c(C4CC4)cnn23)c1. The number of fused-ring (bicyclic) bond motifs is 1. The molecule has 3 heterocycles. The van der Waals surface area contributed by atoms with Crippen molar-refractivity contribution in [2.24, 2.45) is 11.7 Å². The molecule has 170 valence electrons. The minimum atomic E-state index is -3.33.